The zero-order chi connectivity index (χ0) is 23.3. The molecule has 2 aromatic carbocycles. The minimum Gasteiger partial charge on any atom is -0.506 e. The molecule has 7 heteroatoms. The van der Waals surface area contributed by atoms with Gasteiger partial charge in [-0.25, -0.2) is 0 Å². The Hall–Kier alpha value is -4.00. The Morgan fingerprint density at radius 1 is 0.688 bits per heavy atom. The molecular weight excluding hydrogens is 404 g/mol. The van der Waals surface area contributed by atoms with Crippen LogP contribution >= 0.6 is 0 Å². The van der Waals surface area contributed by atoms with Gasteiger partial charge in [0.15, 0.2) is 0 Å². The van der Waals surface area contributed by atoms with E-state index in [9.17, 15) is 10.2 Å². The van der Waals surface area contributed by atoms with Crippen LogP contribution in [0.4, 0.5) is 11.4 Å². The van der Waals surface area contributed by atoms with Crippen LogP contribution in [-0.2, 0) is 0 Å². The Labute approximate surface area is 188 Å². The molecule has 0 aliphatic heterocycles. The Bertz CT molecular complexity index is 1070. The standard InChI is InChI=1S/C25H28N4O3/c1-28(2)21-14-17(8-12-23(21)30)6-10-19-16-20(27-25(26-19)32-5)11-7-18-9-13-24(31)22(15-18)29(3)4/h6-16,30-31H,1-5H3/b10-6+,11-7+. The topological polar surface area (TPSA) is 82.0 Å². The maximum atomic E-state index is 9.98. The average Bonchev–Trinajstić information content (AvgIpc) is 2.77. The van der Waals surface area contributed by atoms with E-state index in [2.05, 4.69) is 9.97 Å². The number of nitrogens with zero attached hydrogens (tertiary/aromatic N) is 4. The summed E-state index contributed by atoms with van der Waals surface area (Å²) in [6, 6.07) is 12.9. The van der Waals surface area contributed by atoms with Gasteiger partial charge in [0.1, 0.15) is 11.5 Å². The van der Waals surface area contributed by atoms with Crippen molar-refractivity contribution in [3.63, 3.8) is 0 Å². The summed E-state index contributed by atoms with van der Waals surface area (Å²) >= 11 is 0. The molecule has 1 aromatic heterocycles. The van der Waals surface area contributed by atoms with Crippen LogP contribution in [0.3, 0.4) is 0 Å². The predicted molar refractivity (Wildman–Crippen MR) is 131 cm³/mol. The average molecular weight is 433 g/mol. The van der Waals surface area contributed by atoms with E-state index in [1.54, 1.807) is 12.1 Å². The van der Waals surface area contributed by atoms with Gasteiger partial charge in [-0.1, -0.05) is 24.3 Å². The van der Waals surface area contributed by atoms with E-state index in [1.165, 1.54) is 7.11 Å². The van der Waals surface area contributed by atoms with Gasteiger partial charge >= 0.3 is 6.01 Å². The fourth-order valence-electron chi connectivity index (χ4n) is 3.09. The lowest BCUT2D eigenvalue weighted by Gasteiger charge is -2.14. The van der Waals surface area contributed by atoms with Crippen LogP contribution in [0.5, 0.6) is 17.5 Å². The number of anilines is 2. The second kappa shape index (κ2) is 9.87. The first-order chi connectivity index (χ1) is 15.3. The Morgan fingerprint density at radius 3 is 1.50 bits per heavy atom. The monoisotopic (exact) mass is 432 g/mol. The van der Waals surface area contributed by atoms with Crippen molar-refractivity contribution >= 4 is 35.7 Å². The summed E-state index contributed by atoms with van der Waals surface area (Å²) in [4.78, 5) is 12.5. The van der Waals surface area contributed by atoms with Crippen LogP contribution in [0.15, 0.2) is 42.5 Å². The predicted octanol–water partition coefficient (Wildman–Crippen LogP) is 4.37. The number of methoxy groups -OCH3 is 1. The van der Waals surface area contributed by atoms with Crippen LogP contribution in [0, 0.1) is 0 Å². The zero-order valence-electron chi connectivity index (χ0n) is 18.9. The first kappa shape index (κ1) is 22.7. The quantitative estimate of drug-likeness (QED) is 0.574. The Balaban J connectivity index is 1.88. The van der Waals surface area contributed by atoms with Gasteiger partial charge in [-0.2, -0.15) is 9.97 Å². The molecule has 0 bridgehead atoms. The molecular formula is C25H28N4O3. The van der Waals surface area contributed by atoms with Gasteiger partial charge in [-0.15, -0.1) is 0 Å². The highest BCUT2D eigenvalue weighted by Gasteiger charge is 2.06. The van der Waals surface area contributed by atoms with Crippen molar-refractivity contribution in [1.29, 1.82) is 0 Å². The van der Waals surface area contributed by atoms with Crippen LogP contribution in [0.25, 0.3) is 24.3 Å². The normalized spacial score (nSPS) is 11.3. The van der Waals surface area contributed by atoms with E-state index < -0.39 is 0 Å². The maximum absolute atomic E-state index is 9.98. The summed E-state index contributed by atoms with van der Waals surface area (Å²) in [7, 11) is 9.05. The molecule has 32 heavy (non-hydrogen) atoms. The summed E-state index contributed by atoms with van der Waals surface area (Å²) < 4.78 is 5.26. The number of benzene rings is 2. The van der Waals surface area contributed by atoms with E-state index in [-0.39, 0.29) is 17.5 Å². The molecule has 0 aliphatic carbocycles. The third-order valence-corrected chi connectivity index (χ3v) is 4.78. The number of phenols is 2. The van der Waals surface area contributed by atoms with Gasteiger partial charge in [-0.3, -0.25) is 0 Å². The maximum Gasteiger partial charge on any atom is 0.317 e. The third-order valence-electron chi connectivity index (χ3n) is 4.78. The zero-order valence-corrected chi connectivity index (χ0v) is 18.9. The minimum absolute atomic E-state index is 0.231. The molecule has 1 heterocycles. The van der Waals surface area contributed by atoms with Crippen LogP contribution < -0.4 is 14.5 Å². The SMILES string of the molecule is COc1nc(/C=C/c2ccc(O)c(N(C)C)c2)cc(/C=C/c2ccc(O)c(N(C)C)c2)n1. The number of hydrogen-bond acceptors (Lipinski definition) is 7. The highest BCUT2D eigenvalue weighted by Crippen LogP contribution is 2.28. The van der Waals surface area contributed by atoms with E-state index in [4.69, 9.17) is 4.74 Å². The van der Waals surface area contributed by atoms with E-state index in [1.807, 2.05) is 92.6 Å². The van der Waals surface area contributed by atoms with Gasteiger partial charge in [-0.05, 0) is 53.6 Å². The lowest BCUT2D eigenvalue weighted by molar-refractivity contribution is 0.379. The molecule has 0 spiro atoms. The second-order valence-corrected chi connectivity index (χ2v) is 7.66. The molecule has 0 amide bonds. The molecule has 0 radical (unpaired) electrons. The molecule has 7 nitrogen and oxygen atoms in total. The van der Waals surface area contributed by atoms with Crippen molar-refractivity contribution in [3.05, 3.63) is 65.0 Å². The minimum atomic E-state index is 0.231. The van der Waals surface area contributed by atoms with Crippen molar-refractivity contribution in [3.8, 4) is 17.5 Å². The van der Waals surface area contributed by atoms with Gasteiger partial charge in [0.05, 0.1) is 29.9 Å². The lowest BCUT2D eigenvalue weighted by atomic mass is 10.1. The van der Waals surface area contributed by atoms with E-state index in [0.717, 1.165) is 22.5 Å². The highest BCUT2D eigenvalue weighted by molar-refractivity contribution is 5.75. The third kappa shape index (κ3) is 5.57. The number of aromatic nitrogens is 2. The summed E-state index contributed by atoms with van der Waals surface area (Å²) in [5, 5.41) is 20.0. The Kier molecular flexibility index (Phi) is 7.00. The number of rotatable bonds is 7. The van der Waals surface area contributed by atoms with Crippen LogP contribution in [-0.4, -0.2) is 55.5 Å². The number of aromatic hydroxyl groups is 2. The number of phenolic OH excluding ortho intramolecular Hbond substituents is 2. The summed E-state index contributed by atoms with van der Waals surface area (Å²) in [6.45, 7) is 0. The summed E-state index contributed by atoms with van der Waals surface area (Å²) in [5.74, 6) is 0.463. The molecule has 3 rings (SSSR count). The summed E-state index contributed by atoms with van der Waals surface area (Å²) in [5.41, 5.74) is 4.72. The summed E-state index contributed by atoms with van der Waals surface area (Å²) in [6.07, 6.45) is 7.59. The van der Waals surface area contributed by atoms with Gasteiger partial charge in [0.25, 0.3) is 0 Å². The van der Waals surface area contributed by atoms with Gasteiger partial charge in [0, 0.05) is 28.2 Å². The fourth-order valence-corrected chi connectivity index (χ4v) is 3.09. The van der Waals surface area contributed by atoms with Crippen molar-refractivity contribution < 1.29 is 14.9 Å². The van der Waals surface area contributed by atoms with Crippen LogP contribution in [0.1, 0.15) is 22.5 Å². The van der Waals surface area contributed by atoms with Crippen molar-refractivity contribution in [2.45, 2.75) is 0 Å². The molecule has 0 unspecified atom stereocenters. The van der Waals surface area contributed by atoms with E-state index >= 15 is 0 Å². The molecule has 0 aliphatic rings. The molecule has 0 saturated heterocycles. The number of ether oxygens (including phenoxy) is 1. The van der Waals surface area contributed by atoms with Crippen molar-refractivity contribution in [1.82, 2.24) is 9.97 Å². The lowest BCUT2D eigenvalue weighted by Crippen LogP contribution is -2.08. The van der Waals surface area contributed by atoms with E-state index in [0.29, 0.717) is 11.4 Å². The van der Waals surface area contributed by atoms with Gasteiger partial charge < -0.3 is 24.7 Å². The molecule has 0 saturated carbocycles. The molecule has 166 valence electrons. The highest BCUT2D eigenvalue weighted by atomic mass is 16.5. The first-order valence-electron chi connectivity index (χ1n) is 10.1. The largest absolute Gasteiger partial charge is 0.506 e. The van der Waals surface area contributed by atoms with Crippen molar-refractivity contribution in [2.75, 3.05) is 45.1 Å². The Morgan fingerprint density at radius 2 is 1.12 bits per heavy atom. The molecule has 0 fully saturated rings. The molecule has 0 atom stereocenters. The molecule has 2 N–H and O–H groups in total. The first-order valence-corrected chi connectivity index (χ1v) is 10.1. The van der Waals surface area contributed by atoms with Crippen molar-refractivity contribution in [2.24, 2.45) is 0 Å². The second-order valence-electron chi connectivity index (χ2n) is 7.66. The van der Waals surface area contributed by atoms with Crippen LogP contribution in [0.2, 0.25) is 0 Å². The number of hydrogen-bond donors (Lipinski definition) is 2. The fraction of sp³-hybridized carbons (Fsp3) is 0.200. The van der Waals surface area contributed by atoms with Gasteiger partial charge in [0.2, 0.25) is 0 Å². The molecule has 3 aromatic rings. The smallest absolute Gasteiger partial charge is 0.317 e.